The lowest BCUT2D eigenvalue weighted by Gasteiger charge is -2.12. The largest absolute Gasteiger partial charge is 0.493 e. The number of amides is 2. The number of unbranched alkanes of at least 4 members (excludes halogenated alkanes) is 1. The minimum absolute atomic E-state index is 0.239. The molecule has 0 fully saturated rings. The van der Waals surface area contributed by atoms with Crippen LogP contribution >= 0.6 is 23.2 Å². The number of benzene rings is 3. The summed E-state index contributed by atoms with van der Waals surface area (Å²) in [4.78, 5) is 24.6. The molecular formula is C27H27Cl2N3O4. The molecule has 0 aliphatic rings. The highest BCUT2D eigenvalue weighted by Gasteiger charge is 2.10. The van der Waals surface area contributed by atoms with E-state index in [2.05, 4.69) is 22.8 Å². The molecule has 0 aliphatic heterocycles. The topological polar surface area (TPSA) is 89.0 Å². The van der Waals surface area contributed by atoms with Gasteiger partial charge in [0.25, 0.3) is 11.8 Å². The number of hydrazone groups is 1. The third-order valence-corrected chi connectivity index (χ3v) is 5.90. The van der Waals surface area contributed by atoms with Crippen LogP contribution in [0, 0.1) is 0 Å². The molecule has 0 bridgehead atoms. The standard InChI is InChI=1S/C27H27Cl2N3O4/c1-3-4-5-18-6-9-20(10-7-18)27(34)32-30-16-19-8-13-24(25(14-19)35-2)36-17-26(33)31-21-11-12-22(28)23(29)15-21/h6-16H,3-5,17H2,1-2H3,(H,31,33)(H,32,34)/b30-16+. The highest BCUT2D eigenvalue weighted by molar-refractivity contribution is 6.42. The molecule has 0 aromatic heterocycles. The number of halogens is 2. The quantitative estimate of drug-likeness (QED) is 0.232. The molecule has 0 aliphatic carbocycles. The zero-order chi connectivity index (χ0) is 25.9. The second-order valence-corrected chi connectivity index (χ2v) is 8.69. The van der Waals surface area contributed by atoms with Crippen molar-refractivity contribution in [2.75, 3.05) is 19.0 Å². The van der Waals surface area contributed by atoms with Crippen molar-refractivity contribution >= 4 is 46.9 Å². The van der Waals surface area contributed by atoms with Gasteiger partial charge in [-0.15, -0.1) is 0 Å². The summed E-state index contributed by atoms with van der Waals surface area (Å²) in [6, 6.07) is 17.4. The number of ether oxygens (including phenoxy) is 2. The Labute approximate surface area is 220 Å². The summed E-state index contributed by atoms with van der Waals surface area (Å²) < 4.78 is 11.0. The number of hydrogen-bond donors (Lipinski definition) is 2. The van der Waals surface area contributed by atoms with Crippen molar-refractivity contribution in [3.63, 3.8) is 0 Å². The van der Waals surface area contributed by atoms with E-state index in [1.165, 1.54) is 18.9 Å². The molecule has 3 aromatic rings. The molecule has 9 heteroatoms. The molecule has 2 N–H and O–H groups in total. The predicted molar refractivity (Wildman–Crippen MR) is 144 cm³/mol. The van der Waals surface area contributed by atoms with E-state index in [1.54, 1.807) is 48.5 Å². The Morgan fingerprint density at radius 2 is 1.75 bits per heavy atom. The average molecular weight is 528 g/mol. The van der Waals surface area contributed by atoms with Crippen LogP contribution in [-0.2, 0) is 11.2 Å². The van der Waals surface area contributed by atoms with Crippen LogP contribution in [0.4, 0.5) is 5.69 Å². The second kappa shape index (κ2) is 13.5. The van der Waals surface area contributed by atoms with Gasteiger partial charge in [0, 0.05) is 11.3 Å². The summed E-state index contributed by atoms with van der Waals surface area (Å²) in [6.45, 7) is 1.91. The fraction of sp³-hybridized carbons (Fsp3) is 0.222. The normalized spacial score (nSPS) is 10.8. The lowest BCUT2D eigenvalue weighted by Crippen LogP contribution is -2.20. The molecule has 3 rings (SSSR count). The molecule has 2 amide bonds. The van der Waals surface area contributed by atoms with Crippen LogP contribution in [0.5, 0.6) is 11.5 Å². The van der Waals surface area contributed by atoms with Gasteiger partial charge < -0.3 is 14.8 Å². The van der Waals surface area contributed by atoms with Crippen LogP contribution in [0.1, 0.15) is 41.3 Å². The Bertz CT molecular complexity index is 1230. The van der Waals surface area contributed by atoms with Crippen molar-refractivity contribution in [2.24, 2.45) is 5.10 Å². The summed E-state index contributed by atoms with van der Waals surface area (Å²) in [6.07, 6.45) is 4.75. The monoisotopic (exact) mass is 527 g/mol. The minimum Gasteiger partial charge on any atom is -0.493 e. The van der Waals surface area contributed by atoms with E-state index in [1.807, 2.05) is 12.1 Å². The number of rotatable bonds is 11. The van der Waals surface area contributed by atoms with Crippen LogP contribution in [0.15, 0.2) is 65.8 Å². The first-order chi connectivity index (χ1) is 17.4. The third-order valence-electron chi connectivity index (χ3n) is 5.16. The number of methoxy groups -OCH3 is 1. The fourth-order valence-electron chi connectivity index (χ4n) is 3.23. The zero-order valence-corrected chi connectivity index (χ0v) is 21.5. The van der Waals surface area contributed by atoms with Gasteiger partial charge in [0.05, 0.1) is 23.4 Å². The number of nitrogens with zero attached hydrogens (tertiary/aromatic N) is 1. The van der Waals surface area contributed by atoms with Crippen LogP contribution in [0.3, 0.4) is 0 Å². The highest BCUT2D eigenvalue weighted by atomic mass is 35.5. The number of hydrogen-bond acceptors (Lipinski definition) is 5. The van der Waals surface area contributed by atoms with Gasteiger partial charge in [-0.05, 0) is 72.5 Å². The molecule has 0 spiro atoms. The van der Waals surface area contributed by atoms with Crippen molar-refractivity contribution in [3.8, 4) is 11.5 Å². The number of nitrogens with one attached hydrogen (secondary N) is 2. The highest BCUT2D eigenvalue weighted by Crippen LogP contribution is 2.28. The fourth-order valence-corrected chi connectivity index (χ4v) is 3.53. The maximum atomic E-state index is 12.3. The second-order valence-electron chi connectivity index (χ2n) is 7.88. The lowest BCUT2D eigenvalue weighted by molar-refractivity contribution is -0.118. The van der Waals surface area contributed by atoms with Crippen LogP contribution in [0.2, 0.25) is 10.0 Å². The first-order valence-electron chi connectivity index (χ1n) is 11.4. The predicted octanol–water partition coefficient (Wildman–Crippen LogP) is 6.13. The summed E-state index contributed by atoms with van der Waals surface area (Å²) >= 11 is 11.9. The van der Waals surface area contributed by atoms with E-state index < -0.39 is 0 Å². The van der Waals surface area contributed by atoms with Gasteiger partial charge >= 0.3 is 0 Å². The molecule has 0 saturated heterocycles. The molecule has 0 saturated carbocycles. The molecule has 0 atom stereocenters. The Balaban J connectivity index is 1.53. The van der Waals surface area contributed by atoms with Crippen molar-refractivity contribution in [2.45, 2.75) is 26.2 Å². The van der Waals surface area contributed by atoms with E-state index in [-0.39, 0.29) is 18.4 Å². The van der Waals surface area contributed by atoms with E-state index >= 15 is 0 Å². The number of aryl methyl sites for hydroxylation is 1. The van der Waals surface area contributed by atoms with Crippen LogP contribution < -0.4 is 20.2 Å². The molecule has 188 valence electrons. The average Bonchev–Trinajstić information content (AvgIpc) is 2.89. The minimum atomic E-state index is -0.373. The summed E-state index contributed by atoms with van der Waals surface area (Å²) in [7, 11) is 1.49. The smallest absolute Gasteiger partial charge is 0.271 e. The van der Waals surface area contributed by atoms with Crippen molar-refractivity contribution < 1.29 is 19.1 Å². The van der Waals surface area contributed by atoms with Gasteiger partial charge in [-0.2, -0.15) is 5.10 Å². The van der Waals surface area contributed by atoms with E-state index in [9.17, 15) is 9.59 Å². The van der Waals surface area contributed by atoms with Gasteiger partial charge in [0.2, 0.25) is 0 Å². The summed E-state index contributed by atoms with van der Waals surface area (Å²) in [5.74, 6) is 0.122. The zero-order valence-electron chi connectivity index (χ0n) is 20.0. The molecule has 0 heterocycles. The number of anilines is 1. The third kappa shape index (κ3) is 8.00. The van der Waals surface area contributed by atoms with Crippen LogP contribution in [0.25, 0.3) is 0 Å². The van der Waals surface area contributed by atoms with Gasteiger partial charge in [0.1, 0.15) is 0 Å². The maximum Gasteiger partial charge on any atom is 0.271 e. The first kappa shape index (κ1) is 27.0. The van der Waals surface area contributed by atoms with Gasteiger partial charge in [0.15, 0.2) is 18.1 Å². The maximum absolute atomic E-state index is 12.3. The number of carbonyl (C=O) groups is 2. The van der Waals surface area contributed by atoms with Crippen molar-refractivity contribution in [1.82, 2.24) is 5.43 Å². The van der Waals surface area contributed by atoms with Gasteiger partial charge in [-0.1, -0.05) is 48.7 Å². The number of carbonyl (C=O) groups excluding carboxylic acids is 2. The Morgan fingerprint density at radius 3 is 2.44 bits per heavy atom. The van der Waals surface area contributed by atoms with E-state index in [0.717, 1.165) is 19.3 Å². The lowest BCUT2D eigenvalue weighted by atomic mass is 10.1. The molecule has 0 radical (unpaired) electrons. The van der Waals surface area contributed by atoms with Gasteiger partial charge in [-0.3, -0.25) is 9.59 Å². The van der Waals surface area contributed by atoms with E-state index in [0.29, 0.717) is 38.4 Å². The molecule has 7 nitrogen and oxygen atoms in total. The molecular weight excluding hydrogens is 501 g/mol. The Morgan fingerprint density at radius 1 is 0.972 bits per heavy atom. The Kier molecular flexibility index (Phi) is 10.2. The molecule has 36 heavy (non-hydrogen) atoms. The summed E-state index contributed by atoms with van der Waals surface area (Å²) in [5, 5.41) is 7.44. The molecule has 0 unspecified atom stereocenters. The van der Waals surface area contributed by atoms with Gasteiger partial charge in [-0.25, -0.2) is 5.43 Å². The van der Waals surface area contributed by atoms with Crippen molar-refractivity contribution in [3.05, 3.63) is 87.4 Å². The molecule has 3 aromatic carbocycles. The van der Waals surface area contributed by atoms with Crippen LogP contribution in [-0.4, -0.2) is 31.7 Å². The van der Waals surface area contributed by atoms with Crippen molar-refractivity contribution in [1.29, 1.82) is 0 Å². The SMILES string of the molecule is CCCCc1ccc(C(=O)N/N=C/c2ccc(OCC(=O)Nc3ccc(Cl)c(Cl)c3)c(OC)c2)cc1. The van der Waals surface area contributed by atoms with E-state index in [4.69, 9.17) is 32.7 Å². The summed E-state index contributed by atoms with van der Waals surface area (Å²) in [5.41, 5.74) is 5.44. The Hall–Kier alpha value is -3.55. The first-order valence-corrected chi connectivity index (χ1v) is 12.1.